The van der Waals surface area contributed by atoms with E-state index in [1.165, 1.54) is 55.6 Å². The number of esters is 3. The second-order valence-corrected chi connectivity index (χ2v) is 31.9. The molecule has 0 fully saturated rings. The van der Waals surface area contributed by atoms with E-state index in [2.05, 4.69) is 107 Å². The summed E-state index contributed by atoms with van der Waals surface area (Å²) in [6, 6.07) is 43.0. The van der Waals surface area contributed by atoms with Crippen LogP contribution < -0.4 is 70.5 Å². The molecule has 0 aliphatic carbocycles. The van der Waals surface area contributed by atoms with Crippen LogP contribution in [0.5, 0.6) is 0 Å². The van der Waals surface area contributed by atoms with Gasteiger partial charge in [-0.1, -0.05) is 113 Å². The zero-order valence-corrected chi connectivity index (χ0v) is 82.5. The largest absolute Gasteiger partial charge is 1.00 e. The van der Waals surface area contributed by atoms with E-state index in [-0.39, 0.29) is 101 Å². The molecule has 0 bridgehead atoms. The summed E-state index contributed by atoms with van der Waals surface area (Å²) < 4.78 is 19.1. The quantitative estimate of drug-likeness (QED) is 0.00848. The zero-order chi connectivity index (χ0) is 97.4. The Balaban J connectivity index is 0.000000256. The van der Waals surface area contributed by atoms with Crippen molar-refractivity contribution in [3.8, 4) is 73.3 Å². The molecular weight excluding hydrogens is 1870 g/mol. The van der Waals surface area contributed by atoms with E-state index in [1.54, 1.807) is 194 Å². The molecule has 0 saturated heterocycles. The van der Waals surface area contributed by atoms with Crippen molar-refractivity contribution in [2.24, 2.45) is 11.7 Å². The van der Waals surface area contributed by atoms with Gasteiger partial charge in [-0.05, 0) is 197 Å². The molecule has 15 aromatic rings. The van der Waals surface area contributed by atoms with E-state index in [9.17, 15) is 33.9 Å². The van der Waals surface area contributed by atoms with Gasteiger partial charge in [0.2, 0.25) is 5.91 Å². The van der Waals surface area contributed by atoms with Crippen molar-refractivity contribution in [1.29, 1.82) is 0 Å². The monoisotopic (exact) mass is 1950 g/mol. The molecule has 0 unspecified atom stereocenters. The van der Waals surface area contributed by atoms with Crippen LogP contribution in [0, 0.1) is 19.8 Å². The Morgan fingerprint density at radius 2 is 0.737 bits per heavy atom. The van der Waals surface area contributed by atoms with Gasteiger partial charge in [-0.2, -0.15) is 14.0 Å². The number of benzene rings is 5. The van der Waals surface area contributed by atoms with Crippen LogP contribution in [-0.2, 0) is 32.1 Å². The number of carboxylic acid groups (broad SMARTS) is 1. The van der Waals surface area contributed by atoms with Crippen LogP contribution in [0.15, 0.2) is 207 Å². The summed E-state index contributed by atoms with van der Waals surface area (Å²) in [5, 5.41) is 53.3. The standard InChI is InChI=1S/C22H21ClN8O.C17H16ClN5O2.C17H17ClN2O3.C16H14ClN5O2.C13H11ClN2O2.C6H9N3.Li.N3.Na.H2O/c1-13(2)21-28-29-30-31(21)19-7-15(20-5-4-17(23)10-26-20)6-16(8-19)22(32)27-12-18-11-24-14(3)9-25-18;1-10(2)16-20-21-22-23(16)14-7-11(6-12(8-14)17(24)25-3)15-5-4-13(18)9-19-15;1-10(2)16(21)20-14-7-11(6-12(8-14)17(22)23-3)15-5-4-13(18)9-19-15;1-9(2)15-19-20-21-22(15)13-6-10(5-11(7-13)16(23)24)14-4-3-12(17)8-18-14;1-18-13(17)9-4-8(5-11(15)6-9)12-3-2-10(14)7-16-12;1-5-3-9-6(2-7)4-8-5;;1-3-2;;/h4-11,13H,12H2,1-3H3,(H,27,32);4-10H,1-3H3;4-10H,1-3H3,(H,20,21);3-9H,1-2H3,(H,23,24);2-7H,15H2,1H3;3-4H,2,7H2,1H3;;;;1H2/q;;;;;;+1;-1;+1;/p-1. The molecule has 696 valence electrons. The number of hydrogen-bond donors (Lipinski definition) is 5. The number of aromatic carboxylic acids is 1. The second-order valence-electron chi connectivity index (χ2n) is 29.8. The maximum atomic E-state index is 13.0. The number of pyridine rings is 5. The fraction of sp³-hybridized carbons (Fsp3) is 0.209. The van der Waals surface area contributed by atoms with Crippen molar-refractivity contribution < 1.29 is 102 Å². The van der Waals surface area contributed by atoms with Crippen molar-refractivity contribution in [3.05, 3.63) is 317 Å². The smallest absolute Gasteiger partial charge is 0.870 e. The number of hydrogen-bond acceptors (Lipinski definition) is 30. The Labute approximate surface area is 845 Å². The number of carboxylic acids is 1. The number of nitrogens with zero attached hydrogens (tertiary/aromatic N) is 24. The molecule has 39 nitrogen and oxygen atoms in total. The molecule has 10 aromatic heterocycles. The van der Waals surface area contributed by atoms with Gasteiger partial charge in [-0.25, -0.2) is 19.2 Å². The summed E-state index contributed by atoms with van der Waals surface area (Å²) in [4.78, 5) is 111. The number of rotatable bonds is 21. The van der Waals surface area contributed by atoms with Crippen LogP contribution in [0.3, 0.4) is 0 Å². The van der Waals surface area contributed by atoms with Crippen LogP contribution in [0.1, 0.15) is 165 Å². The SMILES string of the molecule is CC(C)c1nnnn1-c1cc(C(=O)O)cc(-c2ccc(Cl)cn2)c1.COC(=O)c1cc(-c2ccc(Cl)cn2)cc(-n2nnnc2C(C)C)c1.COC(=O)c1cc(N)cc(-c2ccc(Cl)cn2)c1.COC(=O)c1cc(NC(=O)C(C)C)cc(-c2ccc(Cl)cn2)c1.Cc1cnc(CN)cn1.Cc1cnc(CNC(=O)c2cc(-c3ccc(Cl)cn3)cc(-n3nnnc3C(C)C)c2)cn1.[Li+].[N-]=[N+]=[N-].[Na+].[OH-]. The number of halogens is 5. The summed E-state index contributed by atoms with van der Waals surface area (Å²) in [5.41, 5.74) is 39.2. The maximum Gasteiger partial charge on any atom is 1.00 e. The van der Waals surface area contributed by atoms with Gasteiger partial charge in [0.05, 0.1) is 150 Å². The topological polar surface area (TPSA) is 562 Å². The minimum atomic E-state index is -1.04. The Hall–Kier alpha value is -13.9. The van der Waals surface area contributed by atoms with Crippen LogP contribution in [0.25, 0.3) is 89.3 Å². The molecule has 8 N–H and O–H groups in total. The van der Waals surface area contributed by atoms with E-state index >= 15 is 0 Å². The molecule has 5 aromatic carbocycles. The molecule has 2 amide bonds. The van der Waals surface area contributed by atoms with Crippen LogP contribution in [0.4, 0.5) is 11.4 Å². The van der Waals surface area contributed by atoms with Gasteiger partial charge in [-0.3, -0.25) is 59.4 Å². The third-order valence-electron chi connectivity index (χ3n) is 18.4. The van der Waals surface area contributed by atoms with Crippen molar-refractivity contribution in [2.45, 2.75) is 100 Å². The van der Waals surface area contributed by atoms with Crippen LogP contribution in [-0.4, -0.2) is 173 Å². The predicted molar refractivity (Wildman–Crippen MR) is 507 cm³/mol. The number of ether oxygens (including phenoxy) is 3. The van der Waals surface area contributed by atoms with E-state index in [0.29, 0.717) is 145 Å². The Bertz CT molecular complexity index is 6590. The summed E-state index contributed by atoms with van der Waals surface area (Å²) in [5.74, 6) is -0.642. The molecule has 15 rings (SSSR count). The number of carbonyl (C=O) groups excluding carboxylic acids is 5. The minimum absolute atomic E-state index is 0. The number of nitrogen functional groups attached to an aromatic ring is 1. The molecule has 10 heterocycles. The molecule has 0 saturated carbocycles. The van der Waals surface area contributed by atoms with E-state index < -0.39 is 23.9 Å². The molecule has 0 radical (unpaired) electrons. The van der Waals surface area contributed by atoms with E-state index in [4.69, 9.17) is 90.0 Å². The molecule has 46 heteroatoms. The minimum Gasteiger partial charge on any atom is -0.870 e. The first-order chi connectivity index (χ1) is 64.1. The summed E-state index contributed by atoms with van der Waals surface area (Å²) >= 11 is 29.4. The third kappa shape index (κ3) is 33.0. The molecule has 0 spiro atoms. The molecule has 0 atom stereocenters. The average Bonchev–Trinajstić information content (AvgIpc) is 1.75. The van der Waals surface area contributed by atoms with Crippen LogP contribution in [0.2, 0.25) is 25.1 Å². The number of anilines is 2. The zero-order valence-electron chi connectivity index (χ0n) is 76.7. The number of aryl methyl sites for hydroxylation is 2. The first-order valence-corrected chi connectivity index (χ1v) is 42.3. The normalized spacial score (nSPS) is 10.3. The Morgan fingerprint density at radius 1 is 0.423 bits per heavy atom. The number of carbonyl (C=O) groups is 6. The Kier molecular flexibility index (Phi) is 44.6. The van der Waals surface area contributed by atoms with Crippen molar-refractivity contribution in [2.75, 3.05) is 32.4 Å². The number of nitrogens with one attached hydrogen (secondary N) is 2. The molecule has 0 aliphatic rings. The van der Waals surface area contributed by atoms with Gasteiger partial charge in [0.15, 0.2) is 17.5 Å². The maximum absolute atomic E-state index is 13.0. The van der Waals surface area contributed by atoms with Gasteiger partial charge in [0.25, 0.3) is 5.91 Å². The fourth-order valence-electron chi connectivity index (χ4n) is 11.8. The molecular formula is C91H89Cl5LiN28NaO11. The van der Waals surface area contributed by atoms with Gasteiger partial charge in [0, 0.05) is 125 Å². The van der Waals surface area contributed by atoms with Crippen LogP contribution >= 0.6 is 58.0 Å². The van der Waals surface area contributed by atoms with Gasteiger partial charge in [0.1, 0.15) is 0 Å². The van der Waals surface area contributed by atoms with Crippen molar-refractivity contribution in [3.63, 3.8) is 0 Å². The number of methoxy groups -OCH3 is 3. The first-order valence-electron chi connectivity index (χ1n) is 40.4. The number of amides is 2. The van der Waals surface area contributed by atoms with E-state index in [0.717, 1.165) is 33.8 Å². The third-order valence-corrected chi connectivity index (χ3v) is 19.5. The fourth-order valence-corrected chi connectivity index (χ4v) is 12.4. The first kappa shape index (κ1) is 112. The summed E-state index contributed by atoms with van der Waals surface area (Å²) in [6.45, 7) is 20.0. The van der Waals surface area contributed by atoms with Gasteiger partial charge in [-0.15, -0.1) is 15.3 Å². The molecule has 0 aliphatic heterocycles. The van der Waals surface area contributed by atoms with Gasteiger partial charge >= 0.3 is 72.3 Å². The van der Waals surface area contributed by atoms with Gasteiger partial charge < -0.3 is 58.0 Å². The van der Waals surface area contributed by atoms with Crippen molar-refractivity contribution >= 4 is 105 Å². The second kappa shape index (κ2) is 54.6. The number of tetrazole rings is 3. The van der Waals surface area contributed by atoms with E-state index in [1.807, 2.05) is 67.5 Å². The summed E-state index contributed by atoms with van der Waals surface area (Å²) in [7, 11) is 3.97. The number of aromatic nitrogens is 21. The van der Waals surface area contributed by atoms with Crippen molar-refractivity contribution in [1.82, 2.24) is 111 Å². The molecule has 137 heavy (non-hydrogen) atoms. The Morgan fingerprint density at radius 3 is 1.05 bits per heavy atom. The number of nitrogens with two attached hydrogens (primary N) is 2. The average molecular weight is 1960 g/mol. The predicted octanol–water partition coefficient (Wildman–Crippen LogP) is 11.5. The summed E-state index contributed by atoms with van der Waals surface area (Å²) in [6.07, 6.45) is 14.4.